The Balaban J connectivity index is 1.49. The number of benzene rings is 2. The van der Waals surface area contributed by atoms with Crippen molar-refractivity contribution >= 4 is 23.6 Å². The smallest absolute Gasteiger partial charge is 0.244 e. The van der Waals surface area contributed by atoms with Crippen LogP contribution in [0.1, 0.15) is 5.56 Å². The molecule has 1 N–H and O–H groups in total. The van der Waals surface area contributed by atoms with Gasteiger partial charge in [0.15, 0.2) is 11.5 Å². The molecule has 0 unspecified atom stereocenters. The van der Waals surface area contributed by atoms with Crippen molar-refractivity contribution in [2.24, 2.45) is 0 Å². The highest BCUT2D eigenvalue weighted by atomic mass is 35.5. The van der Waals surface area contributed by atoms with Gasteiger partial charge in [0.2, 0.25) is 5.91 Å². The molecule has 0 aromatic heterocycles. The predicted octanol–water partition coefficient (Wildman–Crippen LogP) is 3.31. The second kappa shape index (κ2) is 7.20. The first-order chi connectivity index (χ1) is 11.2. The van der Waals surface area contributed by atoms with Gasteiger partial charge in [-0.3, -0.25) is 4.79 Å². The second-order valence-corrected chi connectivity index (χ2v) is 5.56. The van der Waals surface area contributed by atoms with Gasteiger partial charge in [0, 0.05) is 11.1 Å². The fourth-order valence-corrected chi connectivity index (χ4v) is 2.31. The van der Waals surface area contributed by atoms with Crippen LogP contribution in [-0.4, -0.2) is 25.2 Å². The number of halogens is 1. The summed E-state index contributed by atoms with van der Waals surface area (Å²) in [6, 6.07) is 14.8. The highest BCUT2D eigenvalue weighted by molar-refractivity contribution is 6.30. The van der Waals surface area contributed by atoms with Crippen molar-refractivity contribution in [2.45, 2.75) is 6.10 Å². The highest BCUT2D eigenvalue weighted by Gasteiger charge is 2.20. The lowest BCUT2D eigenvalue weighted by molar-refractivity contribution is -0.116. The number of para-hydroxylation sites is 2. The van der Waals surface area contributed by atoms with Gasteiger partial charge in [0.05, 0.1) is 6.54 Å². The van der Waals surface area contributed by atoms with E-state index in [0.717, 1.165) is 11.3 Å². The van der Waals surface area contributed by atoms with E-state index in [9.17, 15) is 4.79 Å². The first kappa shape index (κ1) is 15.4. The molecule has 2 aromatic carbocycles. The Morgan fingerprint density at radius 2 is 1.91 bits per heavy atom. The normalized spacial score (nSPS) is 16.3. The van der Waals surface area contributed by atoms with Gasteiger partial charge >= 0.3 is 0 Å². The van der Waals surface area contributed by atoms with Gasteiger partial charge in [-0.1, -0.05) is 35.9 Å². The molecule has 0 radical (unpaired) electrons. The summed E-state index contributed by atoms with van der Waals surface area (Å²) >= 11 is 5.82. The van der Waals surface area contributed by atoms with Crippen LogP contribution in [0.15, 0.2) is 54.6 Å². The van der Waals surface area contributed by atoms with E-state index in [-0.39, 0.29) is 12.0 Å². The molecule has 3 rings (SSSR count). The maximum Gasteiger partial charge on any atom is 0.244 e. The zero-order chi connectivity index (χ0) is 16.1. The largest absolute Gasteiger partial charge is 0.486 e. The van der Waals surface area contributed by atoms with Crippen molar-refractivity contribution in [3.63, 3.8) is 0 Å². The molecular formula is C18H16ClNO3. The summed E-state index contributed by atoms with van der Waals surface area (Å²) in [5, 5.41) is 3.48. The Morgan fingerprint density at radius 1 is 1.17 bits per heavy atom. The van der Waals surface area contributed by atoms with Crippen molar-refractivity contribution in [1.29, 1.82) is 0 Å². The van der Waals surface area contributed by atoms with Crippen LogP contribution in [-0.2, 0) is 4.79 Å². The van der Waals surface area contributed by atoms with Crippen molar-refractivity contribution in [3.05, 3.63) is 65.2 Å². The lowest BCUT2D eigenvalue weighted by Crippen LogP contribution is -2.40. The number of ether oxygens (including phenoxy) is 2. The Labute approximate surface area is 139 Å². The van der Waals surface area contributed by atoms with Gasteiger partial charge in [-0.2, -0.15) is 0 Å². The molecular weight excluding hydrogens is 314 g/mol. The molecule has 23 heavy (non-hydrogen) atoms. The number of fused-ring (bicyclic) bond motifs is 1. The predicted molar refractivity (Wildman–Crippen MR) is 89.8 cm³/mol. The van der Waals surface area contributed by atoms with E-state index in [1.165, 1.54) is 6.08 Å². The molecule has 0 aliphatic carbocycles. The van der Waals surface area contributed by atoms with E-state index >= 15 is 0 Å². The fraction of sp³-hybridized carbons (Fsp3) is 0.167. The third-order valence-electron chi connectivity index (χ3n) is 3.37. The summed E-state index contributed by atoms with van der Waals surface area (Å²) in [5.74, 6) is 1.26. The van der Waals surface area contributed by atoms with Gasteiger partial charge in [-0.05, 0) is 35.9 Å². The monoisotopic (exact) mass is 329 g/mol. The fourth-order valence-electron chi connectivity index (χ4n) is 2.18. The lowest BCUT2D eigenvalue weighted by atomic mass is 10.2. The number of hydrogen-bond acceptors (Lipinski definition) is 3. The van der Waals surface area contributed by atoms with E-state index in [1.54, 1.807) is 18.2 Å². The van der Waals surface area contributed by atoms with E-state index in [1.807, 2.05) is 36.4 Å². The van der Waals surface area contributed by atoms with Crippen LogP contribution in [0.25, 0.3) is 6.08 Å². The number of nitrogens with one attached hydrogen (secondary N) is 1. The van der Waals surface area contributed by atoms with Crippen LogP contribution in [0.4, 0.5) is 0 Å². The van der Waals surface area contributed by atoms with Crippen molar-refractivity contribution in [3.8, 4) is 11.5 Å². The van der Waals surface area contributed by atoms with Gasteiger partial charge in [-0.25, -0.2) is 0 Å². The number of hydrogen-bond donors (Lipinski definition) is 1. The average Bonchev–Trinajstić information content (AvgIpc) is 2.59. The van der Waals surface area contributed by atoms with Gasteiger partial charge in [0.25, 0.3) is 0 Å². The van der Waals surface area contributed by atoms with E-state index < -0.39 is 0 Å². The van der Waals surface area contributed by atoms with Gasteiger partial charge in [0.1, 0.15) is 12.7 Å². The quantitative estimate of drug-likeness (QED) is 0.875. The molecule has 5 heteroatoms. The van der Waals surface area contributed by atoms with Crippen LogP contribution in [0.3, 0.4) is 0 Å². The maximum atomic E-state index is 11.9. The maximum absolute atomic E-state index is 11.9. The van der Waals surface area contributed by atoms with Gasteiger partial charge < -0.3 is 14.8 Å². The Bertz CT molecular complexity index is 712. The molecule has 1 amide bonds. The molecule has 4 nitrogen and oxygen atoms in total. The van der Waals surface area contributed by atoms with Crippen LogP contribution in [0, 0.1) is 0 Å². The van der Waals surface area contributed by atoms with Crippen LogP contribution in [0.2, 0.25) is 5.02 Å². The molecule has 2 aromatic rings. The number of carbonyl (C=O) groups is 1. The molecule has 1 aliphatic rings. The number of carbonyl (C=O) groups excluding carboxylic acids is 1. The zero-order valence-corrected chi connectivity index (χ0v) is 13.1. The molecule has 1 atom stereocenters. The lowest BCUT2D eigenvalue weighted by Gasteiger charge is -2.26. The Kier molecular flexibility index (Phi) is 4.83. The number of amides is 1. The van der Waals surface area contributed by atoms with Crippen LogP contribution < -0.4 is 14.8 Å². The molecule has 1 aliphatic heterocycles. The summed E-state index contributed by atoms with van der Waals surface area (Å²) < 4.78 is 11.4. The van der Waals surface area contributed by atoms with E-state index in [0.29, 0.717) is 23.9 Å². The Morgan fingerprint density at radius 3 is 2.70 bits per heavy atom. The standard InChI is InChI=1S/C18H16ClNO3/c19-14-8-5-13(6-9-14)7-10-18(21)20-11-15-12-22-16-3-1-2-4-17(16)23-15/h1-10,15H,11-12H2,(H,20,21)/b10-7+/t15-/m1/s1. The minimum absolute atomic E-state index is 0.178. The second-order valence-electron chi connectivity index (χ2n) is 5.13. The molecule has 0 spiro atoms. The first-order valence-corrected chi connectivity index (χ1v) is 7.68. The van der Waals surface area contributed by atoms with Crippen LogP contribution >= 0.6 is 11.6 Å². The van der Waals surface area contributed by atoms with Crippen LogP contribution in [0.5, 0.6) is 11.5 Å². The minimum atomic E-state index is -0.196. The minimum Gasteiger partial charge on any atom is -0.486 e. The summed E-state index contributed by atoms with van der Waals surface area (Å²) in [6.07, 6.45) is 3.03. The van der Waals surface area contributed by atoms with E-state index in [2.05, 4.69) is 5.32 Å². The molecule has 0 fully saturated rings. The zero-order valence-electron chi connectivity index (χ0n) is 12.4. The van der Waals surface area contributed by atoms with Crippen molar-refractivity contribution in [1.82, 2.24) is 5.32 Å². The summed E-state index contributed by atoms with van der Waals surface area (Å²) in [7, 11) is 0. The Hall–Kier alpha value is -2.46. The third kappa shape index (κ3) is 4.27. The third-order valence-corrected chi connectivity index (χ3v) is 3.62. The summed E-state index contributed by atoms with van der Waals surface area (Å²) in [5.41, 5.74) is 0.913. The van der Waals surface area contributed by atoms with E-state index in [4.69, 9.17) is 21.1 Å². The molecule has 0 saturated carbocycles. The topological polar surface area (TPSA) is 47.6 Å². The molecule has 0 bridgehead atoms. The summed E-state index contributed by atoms with van der Waals surface area (Å²) in [6.45, 7) is 0.802. The van der Waals surface area contributed by atoms with Crippen molar-refractivity contribution < 1.29 is 14.3 Å². The SMILES string of the molecule is O=C(/C=C/c1ccc(Cl)cc1)NC[C@@H]1COc2ccccc2O1. The molecule has 0 saturated heterocycles. The first-order valence-electron chi connectivity index (χ1n) is 7.31. The number of rotatable bonds is 4. The van der Waals surface area contributed by atoms with Gasteiger partial charge in [-0.15, -0.1) is 0 Å². The summed E-state index contributed by atoms with van der Waals surface area (Å²) in [4.78, 5) is 11.9. The average molecular weight is 330 g/mol. The molecule has 1 heterocycles. The van der Waals surface area contributed by atoms with Crippen molar-refractivity contribution in [2.75, 3.05) is 13.2 Å². The highest BCUT2D eigenvalue weighted by Crippen LogP contribution is 2.30. The molecule has 118 valence electrons.